The molecule has 0 aliphatic carbocycles. The molecule has 0 aromatic carbocycles. The lowest BCUT2D eigenvalue weighted by molar-refractivity contribution is -0.149. The fraction of sp³-hybridized carbons (Fsp3) is 0.933. The molecule has 0 amide bonds. The topological polar surface area (TPSA) is 58.8 Å². The van der Waals surface area contributed by atoms with Crippen LogP contribution >= 0.6 is 0 Å². The average molecular weight is 285 g/mol. The first kappa shape index (κ1) is 17.4. The Bertz CT molecular complexity index is 320. The minimum absolute atomic E-state index is 0.288. The smallest absolute Gasteiger partial charge is 0.325 e. The SMILES string of the molecule is CCOC(=O)C(C)(N)CC(C)N1CCN(CC)C(C)C1. The van der Waals surface area contributed by atoms with Gasteiger partial charge in [-0.25, -0.2) is 0 Å². The molecule has 5 heteroatoms. The summed E-state index contributed by atoms with van der Waals surface area (Å²) >= 11 is 0. The Morgan fingerprint density at radius 1 is 1.45 bits per heavy atom. The van der Waals surface area contributed by atoms with Crippen LogP contribution in [-0.4, -0.2) is 66.2 Å². The summed E-state index contributed by atoms with van der Waals surface area (Å²) in [6.07, 6.45) is 0.630. The number of carbonyl (C=O) groups excluding carboxylic acids is 1. The molecule has 5 nitrogen and oxygen atoms in total. The van der Waals surface area contributed by atoms with Gasteiger partial charge < -0.3 is 10.5 Å². The number of hydrogen-bond acceptors (Lipinski definition) is 5. The molecule has 1 saturated heterocycles. The number of nitrogens with zero attached hydrogens (tertiary/aromatic N) is 2. The molecule has 1 rings (SSSR count). The van der Waals surface area contributed by atoms with Crippen LogP contribution in [0.15, 0.2) is 0 Å². The van der Waals surface area contributed by atoms with Gasteiger partial charge in [0.25, 0.3) is 0 Å². The summed E-state index contributed by atoms with van der Waals surface area (Å²) in [6.45, 7) is 14.8. The van der Waals surface area contributed by atoms with Gasteiger partial charge in [0.1, 0.15) is 5.54 Å². The second-order valence-electron chi connectivity index (χ2n) is 6.16. The zero-order valence-corrected chi connectivity index (χ0v) is 13.7. The Balaban J connectivity index is 2.54. The van der Waals surface area contributed by atoms with Crippen LogP contribution in [0.4, 0.5) is 0 Å². The third-order valence-corrected chi connectivity index (χ3v) is 4.29. The van der Waals surface area contributed by atoms with E-state index in [9.17, 15) is 4.79 Å². The van der Waals surface area contributed by atoms with Gasteiger partial charge >= 0.3 is 5.97 Å². The van der Waals surface area contributed by atoms with Crippen molar-refractivity contribution < 1.29 is 9.53 Å². The minimum Gasteiger partial charge on any atom is -0.465 e. The van der Waals surface area contributed by atoms with Gasteiger partial charge in [0.2, 0.25) is 0 Å². The highest BCUT2D eigenvalue weighted by molar-refractivity contribution is 5.80. The summed E-state index contributed by atoms with van der Waals surface area (Å²) in [6, 6.07) is 0.846. The van der Waals surface area contributed by atoms with Gasteiger partial charge in [-0.15, -0.1) is 0 Å². The maximum atomic E-state index is 11.9. The van der Waals surface area contributed by atoms with Crippen LogP contribution in [0.1, 0.15) is 41.0 Å². The number of ether oxygens (including phenoxy) is 1. The molecule has 0 aromatic rings. The molecule has 0 aromatic heterocycles. The molecule has 0 spiro atoms. The van der Waals surface area contributed by atoms with E-state index in [1.165, 1.54) is 0 Å². The molecule has 1 fully saturated rings. The molecular formula is C15H31N3O2. The van der Waals surface area contributed by atoms with E-state index in [4.69, 9.17) is 10.5 Å². The highest BCUT2D eigenvalue weighted by atomic mass is 16.5. The molecule has 1 aliphatic heterocycles. The molecule has 3 unspecified atom stereocenters. The number of rotatable bonds is 6. The van der Waals surface area contributed by atoms with Crippen molar-refractivity contribution in [1.82, 2.24) is 9.80 Å². The lowest BCUT2D eigenvalue weighted by Crippen LogP contribution is -2.57. The summed E-state index contributed by atoms with van der Waals surface area (Å²) in [5.74, 6) is -0.299. The molecule has 0 radical (unpaired) electrons. The molecule has 3 atom stereocenters. The number of nitrogens with two attached hydrogens (primary N) is 1. The summed E-state index contributed by atoms with van der Waals surface area (Å²) < 4.78 is 5.06. The normalized spacial score (nSPS) is 26.0. The first-order chi connectivity index (χ1) is 9.31. The Labute approximate surface area is 123 Å². The monoisotopic (exact) mass is 285 g/mol. The van der Waals surface area contributed by atoms with Crippen LogP contribution < -0.4 is 5.73 Å². The Morgan fingerprint density at radius 2 is 2.10 bits per heavy atom. The van der Waals surface area contributed by atoms with Crippen molar-refractivity contribution in [2.75, 3.05) is 32.8 Å². The van der Waals surface area contributed by atoms with Crippen molar-refractivity contribution in [2.24, 2.45) is 5.73 Å². The highest BCUT2D eigenvalue weighted by Gasteiger charge is 2.35. The van der Waals surface area contributed by atoms with Gasteiger partial charge in [0.05, 0.1) is 6.61 Å². The zero-order valence-electron chi connectivity index (χ0n) is 13.7. The fourth-order valence-electron chi connectivity index (χ4n) is 3.02. The summed E-state index contributed by atoms with van der Waals surface area (Å²) in [5, 5.41) is 0. The standard InChI is InChI=1S/C15H31N3O2/c1-6-17-8-9-18(11-13(17)4)12(3)10-15(5,16)14(19)20-7-2/h12-13H,6-11,16H2,1-5H3. The lowest BCUT2D eigenvalue weighted by Gasteiger charge is -2.43. The van der Waals surface area contributed by atoms with E-state index in [1.54, 1.807) is 6.92 Å². The van der Waals surface area contributed by atoms with E-state index >= 15 is 0 Å². The highest BCUT2D eigenvalue weighted by Crippen LogP contribution is 2.19. The largest absolute Gasteiger partial charge is 0.465 e. The molecule has 1 aliphatic rings. The quantitative estimate of drug-likeness (QED) is 0.740. The van der Waals surface area contributed by atoms with Crippen LogP contribution in [0, 0.1) is 0 Å². The van der Waals surface area contributed by atoms with Gasteiger partial charge in [-0.05, 0) is 40.7 Å². The van der Waals surface area contributed by atoms with E-state index in [1.807, 2.05) is 6.92 Å². The molecule has 0 bridgehead atoms. The van der Waals surface area contributed by atoms with E-state index in [-0.39, 0.29) is 12.0 Å². The first-order valence-corrected chi connectivity index (χ1v) is 7.76. The summed E-state index contributed by atoms with van der Waals surface area (Å²) in [4.78, 5) is 16.8. The molecule has 118 valence electrons. The van der Waals surface area contributed by atoms with Crippen molar-refractivity contribution in [1.29, 1.82) is 0 Å². The number of likely N-dealkylation sites (N-methyl/N-ethyl adjacent to an activating group) is 1. The third-order valence-electron chi connectivity index (χ3n) is 4.29. The average Bonchev–Trinajstić information content (AvgIpc) is 2.38. The van der Waals surface area contributed by atoms with Crippen molar-refractivity contribution in [3.63, 3.8) is 0 Å². The second-order valence-corrected chi connectivity index (χ2v) is 6.16. The van der Waals surface area contributed by atoms with Crippen LogP contribution in [0.3, 0.4) is 0 Å². The predicted molar refractivity (Wildman–Crippen MR) is 81.6 cm³/mol. The number of carbonyl (C=O) groups is 1. The fourth-order valence-corrected chi connectivity index (χ4v) is 3.02. The van der Waals surface area contributed by atoms with Crippen LogP contribution in [-0.2, 0) is 9.53 Å². The maximum absolute atomic E-state index is 11.9. The molecule has 1 heterocycles. The Hall–Kier alpha value is -0.650. The number of piperazine rings is 1. The van der Waals surface area contributed by atoms with E-state index in [2.05, 4.69) is 30.6 Å². The van der Waals surface area contributed by atoms with Gasteiger partial charge in [-0.3, -0.25) is 14.6 Å². The summed E-state index contributed by atoms with van der Waals surface area (Å²) in [5.41, 5.74) is 5.23. The number of hydrogen-bond donors (Lipinski definition) is 1. The van der Waals surface area contributed by atoms with E-state index in [0.29, 0.717) is 19.1 Å². The minimum atomic E-state index is -0.902. The third kappa shape index (κ3) is 4.43. The van der Waals surface area contributed by atoms with Gasteiger partial charge in [0, 0.05) is 31.7 Å². The molecule has 20 heavy (non-hydrogen) atoms. The molecule has 2 N–H and O–H groups in total. The van der Waals surface area contributed by atoms with E-state index < -0.39 is 5.54 Å². The van der Waals surface area contributed by atoms with Crippen molar-refractivity contribution in [2.45, 2.75) is 58.7 Å². The second kappa shape index (κ2) is 7.38. The Morgan fingerprint density at radius 3 is 2.60 bits per heavy atom. The maximum Gasteiger partial charge on any atom is 0.325 e. The van der Waals surface area contributed by atoms with Crippen molar-refractivity contribution in [3.05, 3.63) is 0 Å². The van der Waals surface area contributed by atoms with Crippen LogP contribution in [0.25, 0.3) is 0 Å². The van der Waals surface area contributed by atoms with E-state index in [0.717, 1.165) is 26.2 Å². The molecular weight excluding hydrogens is 254 g/mol. The predicted octanol–water partition coefficient (Wildman–Crippen LogP) is 1.07. The lowest BCUT2D eigenvalue weighted by atomic mass is 9.93. The van der Waals surface area contributed by atoms with Crippen LogP contribution in [0.5, 0.6) is 0 Å². The molecule has 0 saturated carbocycles. The first-order valence-electron chi connectivity index (χ1n) is 7.76. The van der Waals surface area contributed by atoms with Crippen molar-refractivity contribution in [3.8, 4) is 0 Å². The zero-order chi connectivity index (χ0) is 15.3. The van der Waals surface area contributed by atoms with Crippen LogP contribution in [0.2, 0.25) is 0 Å². The van der Waals surface area contributed by atoms with Gasteiger partial charge in [0.15, 0.2) is 0 Å². The number of esters is 1. The van der Waals surface area contributed by atoms with Gasteiger partial charge in [-0.2, -0.15) is 0 Å². The van der Waals surface area contributed by atoms with Gasteiger partial charge in [-0.1, -0.05) is 6.92 Å². The van der Waals surface area contributed by atoms with Crippen molar-refractivity contribution >= 4 is 5.97 Å². The summed E-state index contributed by atoms with van der Waals surface area (Å²) in [7, 11) is 0. The Kier molecular flexibility index (Phi) is 6.43.